The Morgan fingerprint density at radius 3 is 1.16 bits per heavy atom. The van der Waals surface area contributed by atoms with Crippen molar-refractivity contribution in [1.29, 1.82) is 0 Å². The molecule has 20 aromatic rings. The molecule has 0 aliphatic heterocycles. The number of hydrogen-bond donors (Lipinski definition) is 0. The maximum Gasteiger partial charge on any atom is 0.159 e. The third-order valence-corrected chi connectivity index (χ3v) is 19.8. The van der Waals surface area contributed by atoms with Crippen molar-refractivity contribution in [2.45, 2.75) is 0 Å². The molecule has 2 aromatic heterocycles. The molecule has 458 valence electrons. The molecule has 98 heavy (non-hydrogen) atoms. The van der Waals surface area contributed by atoms with E-state index in [-0.39, 0.29) is 0 Å². The summed E-state index contributed by atoms with van der Waals surface area (Å²) in [4.78, 5) is 4.70. The van der Waals surface area contributed by atoms with Gasteiger partial charge in [0.15, 0.2) is 5.58 Å². The second-order valence-electron chi connectivity index (χ2n) is 25.5. The van der Waals surface area contributed by atoms with Gasteiger partial charge in [-0.1, -0.05) is 267 Å². The van der Waals surface area contributed by atoms with Crippen molar-refractivity contribution in [2.75, 3.05) is 9.80 Å². The molecule has 4 heteroatoms. The molecule has 0 amide bonds. The Morgan fingerprint density at radius 2 is 0.561 bits per heavy atom. The molecule has 0 aliphatic carbocycles. The number of para-hydroxylation sites is 1. The highest BCUT2D eigenvalue weighted by Gasteiger charge is 2.23. The van der Waals surface area contributed by atoms with Crippen LogP contribution >= 0.6 is 0 Å². The first-order valence-electron chi connectivity index (χ1n) is 33.5. The van der Waals surface area contributed by atoms with Crippen LogP contribution in [0.3, 0.4) is 0 Å². The van der Waals surface area contributed by atoms with Gasteiger partial charge in [-0.3, -0.25) is 0 Å². The molecule has 0 bridgehead atoms. The molecule has 0 saturated carbocycles. The predicted octanol–water partition coefficient (Wildman–Crippen LogP) is 27.2. The van der Waals surface area contributed by atoms with Gasteiger partial charge in [0.1, 0.15) is 16.7 Å². The topological polar surface area (TPSA) is 32.8 Å². The third-order valence-electron chi connectivity index (χ3n) is 19.8. The highest BCUT2D eigenvalue weighted by molar-refractivity contribution is 6.19. The summed E-state index contributed by atoms with van der Waals surface area (Å²) in [6.45, 7) is 0. The quantitative estimate of drug-likeness (QED) is 0.135. The summed E-state index contributed by atoms with van der Waals surface area (Å²) in [6, 6.07) is 131. The van der Waals surface area contributed by atoms with Gasteiger partial charge in [0.2, 0.25) is 0 Å². The Labute approximate surface area is 566 Å². The van der Waals surface area contributed by atoms with Gasteiger partial charge < -0.3 is 18.6 Å². The molecule has 0 atom stereocenters. The first-order valence-corrected chi connectivity index (χ1v) is 33.5. The van der Waals surface area contributed by atoms with E-state index in [0.717, 1.165) is 88.8 Å². The predicted molar refractivity (Wildman–Crippen MR) is 416 cm³/mol. The lowest BCUT2D eigenvalue weighted by molar-refractivity contribution is 0.672. The zero-order chi connectivity index (χ0) is 64.6. The summed E-state index contributed by atoms with van der Waals surface area (Å²) in [6.07, 6.45) is 0. The third kappa shape index (κ3) is 9.76. The van der Waals surface area contributed by atoms with Gasteiger partial charge in [-0.05, 0) is 190 Å². The summed E-state index contributed by atoms with van der Waals surface area (Å²) in [5.41, 5.74) is 17.3. The summed E-state index contributed by atoms with van der Waals surface area (Å²) >= 11 is 0. The van der Waals surface area contributed by atoms with Gasteiger partial charge in [-0.2, -0.15) is 0 Å². The first-order chi connectivity index (χ1) is 48.6. The second-order valence-corrected chi connectivity index (χ2v) is 25.5. The number of furan rings is 2. The lowest BCUT2D eigenvalue weighted by Crippen LogP contribution is -2.10. The Kier molecular flexibility index (Phi) is 13.5. The lowest BCUT2D eigenvalue weighted by Gasteiger charge is -2.27. The summed E-state index contributed by atoms with van der Waals surface area (Å²) < 4.78 is 13.3. The van der Waals surface area contributed by atoms with Crippen molar-refractivity contribution in [1.82, 2.24) is 0 Å². The van der Waals surface area contributed by atoms with Crippen molar-refractivity contribution < 1.29 is 8.83 Å². The minimum absolute atomic E-state index is 0.871. The van der Waals surface area contributed by atoms with Crippen LogP contribution in [0.15, 0.2) is 373 Å². The highest BCUT2D eigenvalue weighted by Crippen LogP contribution is 2.47. The molecule has 0 spiro atoms. The number of nitrogens with zero attached hydrogens (tertiary/aromatic N) is 2. The van der Waals surface area contributed by atoms with E-state index >= 15 is 0 Å². The molecule has 2 heterocycles. The Morgan fingerprint density at radius 1 is 0.173 bits per heavy atom. The molecule has 0 radical (unpaired) electrons. The van der Waals surface area contributed by atoms with E-state index < -0.39 is 0 Å². The van der Waals surface area contributed by atoms with Crippen molar-refractivity contribution in [3.8, 4) is 33.4 Å². The summed E-state index contributed by atoms with van der Waals surface area (Å²) in [5, 5.41) is 21.5. The molecule has 0 fully saturated rings. The van der Waals surface area contributed by atoms with Gasteiger partial charge in [0.05, 0.1) is 11.4 Å². The van der Waals surface area contributed by atoms with Crippen LogP contribution in [0, 0.1) is 0 Å². The summed E-state index contributed by atoms with van der Waals surface area (Å²) in [7, 11) is 0. The SMILES string of the molecule is c1ccc2c(N(c3ccc(-c4cc5ccccc5c5ccccc45)cc3)c3ccc4oc5c6ccccc6ccc5c4c3)cccc2c1.c1ccc2cc(-c3ccc(N(c4ccc(-c5ccc6ccccc6c5)cc4)c4cccc5c4oc4c6ccccc6ccc54)cc3)ccc2c1. The van der Waals surface area contributed by atoms with Crippen LogP contribution in [0.4, 0.5) is 34.1 Å². The van der Waals surface area contributed by atoms with Gasteiger partial charge in [-0.25, -0.2) is 0 Å². The number of anilines is 6. The van der Waals surface area contributed by atoms with Crippen LogP contribution in [0.2, 0.25) is 0 Å². The fraction of sp³-hybridized carbons (Fsp3) is 0. The maximum atomic E-state index is 6.85. The molecular weight excluding hydrogens is 1190 g/mol. The van der Waals surface area contributed by atoms with Crippen LogP contribution in [0.5, 0.6) is 0 Å². The van der Waals surface area contributed by atoms with E-state index in [2.05, 4.69) is 374 Å². The largest absolute Gasteiger partial charge is 0.455 e. The van der Waals surface area contributed by atoms with E-state index in [4.69, 9.17) is 8.83 Å². The lowest BCUT2D eigenvalue weighted by atomic mass is 9.93. The molecule has 18 aromatic carbocycles. The van der Waals surface area contributed by atoms with Crippen molar-refractivity contribution in [3.63, 3.8) is 0 Å². The molecule has 20 rings (SSSR count). The number of fused-ring (bicyclic) bond motifs is 16. The highest BCUT2D eigenvalue weighted by atomic mass is 16.3. The molecule has 0 aliphatic rings. The number of benzene rings is 18. The normalized spacial score (nSPS) is 11.7. The van der Waals surface area contributed by atoms with Crippen LogP contribution in [0.25, 0.3) is 153 Å². The Hall–Kier alpha value is -13.0. The summed E-state index contributed by atoms with van der Waals surface area (Å²) in [5.74, 6) is 0. The smallest absolute Gasteiger partial charge is 0.159 e. The van der Waals surface area contributed by atoms with E-state index in [1.54, 1.807) is 0 Å². The van der Waals surface area contributed by atoms with Crippen LogP contribution in [-0.2, 0) is 0 Å². The van der Waals surface area contributed by atoms with Crippen LogP contribution in [0.1, 0.15) is 0 Å². The monoisotopic (exact) mass is 1250 g/mol. The molecule has 0 saturated heterocycles. The first kappa shape index (κ1) is 56.5. The fourth-order valence-corrected chi connectivity index (χ4v) is 15.0. The van der Waals surface area contributed by atoms with Crippen molar-refractivity contribution in [3.05, 3.63) is 364 Å². The van der Waals surface area contributed by atoms with E-state index in [1.807, 2.05) is 0 Å². The molecule has 0 N–H and O–H groups in total. The molecular formula is C94H60N2O2. The van der Waals surface area contributed by atoms with Crippen LogP contribution in [-0.4, -0.2) is 0 Å². The minimum Gasteiger partial charge on any atom is -0.455 e. The zero-order valence-electron chi connectivity index (χ0n) is 53.4. The Balaban J connectivity index is 0.000000137. The van der Waals surface area contributed by atoms with Gasteiger partial charge in [-0.15, -0.1) is 0 Å². The van der Waals surface area contributed by atoms with Crippen molar-refractivity contribution >= 4 is 153 Å². The zero-order valence-corrected chi connectivity index (χ0v) is 53.4. The Bertz CT molecular complexity index is 6370. The number of hydrogen-bond acceptors (Lipinski definition) is 4. The standard InChI is InChI=1S/C48H31NO.C46H29NO/c1-3-11-37-30-39(18-16-32(37)8-1)34-20-25-41(26-21-34)49(42-27-22-35(23-28-42)40-19-17-33-9-2-4-12-38(33)31-40)46-15-7-14-44-45-29-24-36-10-5-6-13-43(36)47(45)50-48(44)46;1-5-15-37-30(10-1)13-9-19-44(37)47(35-25-27-45-43(29-35)41-26-22-31-11-2-6-16-38(31)46(41)48-45)34-23-20-32(21-24-34)42-28-33-12-3-4-14-36(33)39-17-7-8-18-40(39)42/h1-31H;1-29H. The van der Waals surface area contributed by atoms with E-state index in [9.17, 15) is 0 Å². The van der Waals surface area contributed by atoms with Gasteiger partial charge in [0.25, 0.3) is 0 Å². The molecule has 0 unspecified atom stereocenters. The van der Waals surface area contributed by atoms with Gasteiger partial charge >= 0.3 is 0 Å². The molecule has 4 nitrogen and oxygen atoms in total. The van der Waals surface area contributed by atoms with Gasteiger partial charge in [0, 0.05) is 60.5 Å². The fourth-order valence-electron chi connectivity index (χ4n) is 15.0. The average molecular weight is 1250 g/mol. The van der Waals surface area contributed by atoms with E-state index in [1.165, 1.54) is 98.0 Å². The maximum absolute atomic E-state index is 6.85. The average Bonchev–Trinajstić information content (AvgIpc) is 1.69. The van der Waals surface area contributed by atoms with Crippen molar-refractivity contribution in [2.24, 2.45) is 0 Å². The second kappa shape index (κ2) is 23.5. The number of rotatable bonds is 9. The van der Waals surface area contributed by atoms with Crippen LogP contribution < -0.4 is 9.80 Å². The van der Waals surface area contributed by atoms with E-state index in [0.29, 0.717) is 0 Å². The minimum atomic E-state index is 0.871.